The topological polar surface area (TPSA) is 12.4 Å². The first-order valence-electron chi connectivity index (χ1n) is 4.95. The van der Waals surface area contributed by atoms with Crippen molar-refractivity contribution in [1.82, 2.24) is 0 Å². The van der Waals surface area contributed by atoms with Crippen LogP contribution in [0, 0.1) is 0 Å². The molecule has 0 N–H and O–H groups in total. The van der Waals surface area contributed by atoms with E-state index in [1.807, 2.05) is 0 Å². The molecule has 1 nitrogen and oxygen atoms in total. The van der Waals surface area contributed by atoms with Crippen LogP contribution in [0.15, 0.2) is 4.99 Å². The van der Waals surface area contributed by atoms with Crippen LogP contribution in [0.25, 0.3) is 0 Å². The highest BCUT2D eigenvalue weighted by atomic mass is 14.7. The SMILES string of the molecule is CCCN=C1CCCCCC1. The Morgan fingerprint density at radius 1 is 1.09 bits per heavy atom. The monoisotopic (exact) mass is 153 g/mol. The number of hydrogen-bond acceptors (Lipinski definition) is 1. The van der Waals surface area contributed by atoms with Crippen LogP contribution in [-0.4, -0.2) is 12.3 Å². The van der Waals surface area contributed by atoms with Crippen LogP contribution in [0.2, 0.25) is 0 Å². The normalized spacial score (nSPS) is 19.5. The lowest BCUT2D eigenvalue weighted by molar-refractivity contribution is 0.702. The number of aliphatic imine (C=N–C) groups is 1. The second-order valence-corrected chi connectivity index (χ2v) is 3.36. The highest BCUT2D eigenvalue weighted by Gasteiger charge is 2.03. The first-order chi connectivity index (χ1) is 5.43. The summed E-state index contributed by atoms with van der Waals surface area (Å²) in [6.07, 6.45) is 9.35. The molecule has 0 aromatic heterocycles. The maximum Gasteiger partial charge on any atom is 0.0386 e. The second kappa shape index (κ2) is 5.34. The van der Waals surface area contributed by atoms with Crippen LogP contribution < -0.4 is 0 Å². The molecule has 0 heterocycles. The van der Waals surface area contributed by atoms with Gasteiger partial charge in [-0.05, 0) is 32.1 Å². The van der Waals surface area contributed by atoms with Crippen molar-refractivity contribution in [3.8, 4) is 0 Å². The van der Waals surface area contributed by atoms with Crippen LogP contribution in [0.5, 0.6) is 0 Å². The summed E-state index contributed by atoms with van der Waals surface area (Å²) in [5, 5.41) is 0. The Morgan fingerprint density at radius 3 is 2.27 bits per heavy atom. The minimum atomic E-state index is 1.05. The van der Waals surface area contributed by atoms with E-state index in [1.54, 1.807) is 0 Å². The lowest BCUT2D eigenvalue weighted by Crippen LogP contribution is -1.96. The molecule has 0 amide bonds. The van der Waals surface area contributed by atoms with Crippen LogP contribution in [0.3, 0.4) is 0 Å². The lowest BCUT2D eigenvalue weighted by Gasteiger charge is -1.99. The Morgan fingerprint density at radius 2 is 1.73 bits per heavy atom. The van der Waals surface area contributed by atoms with Gasteiger partial charge in [-0.25, -0.2) is 0 Å². The van der Waals surface area contributed by atoms with Crippen molar-refractivity contribution in [2.24, 2.45) is 4.99 Å². The summed E-state index contributed by atoms with van der Waals surface area (Å²) in [6.45, 7) is 3.25. The number of hydrogen-bond donors (Lipinski definition) is 0. The molecule has 0 aromatic carbocycles. The van der Waals surface area contributed by atoms with Crippen LogP contribution in [0.1, 0.15) is 51.9 Å². The standard InChI is InChI=1S/C10H19N/c1-2-9-11-10-7-5-3-4-6-8-10/h2-9H2,1H3. The minimum absolute atomic E-state index is 1.05. The summed E-state index contributed by atoms with van der Waals surface area (Å²) in [5.41, 5.74) is 1.49. The van der Waals surface area contributed by atoms with Gasteiger partial charge in [-0.15, -0.1) is 0 Å². The average Bonchev–Trinajstić information content (AvgIpc) is 2.28. The van der Waals surface area contributed by atoms with Crippen LogP contribution >= 0.6 is 0 Å². The second-order valence-electron chi connectivity index (χ2n) is 3.36. The third-order valence-electron chi connectivity index (χ3n) is 2.24. The molecule has 0 aromatic rings. The fourth-order valence-electron chi connectivity index (χ4n) is 1.56. The number of rotatable bonds is 2. The van der Waals surface area contributed by atoms with Gasteiger partial charge in [0.2, 0.25) is 0 Å². The minimum Gasteiger partial charge on any atom is -0.294 e. The zero-order valence-corrected chi connectivity index (χ0v) is 7.60. The third kappa shape index (κ3) is 3.54. The Balaban J connectivity index is 2.29. The predicted octanol–water partition coefficient (Wildman–Crippen LogP) is 3.19. The van der Waals surface area contributed by atoms with Gasteiger partial charge in [-0.1, -0.05) is 19.8 Å². The first kappa shape index (κ1) is 8.76. The van der Waals surface area contributed by atoms with Crippen molar-refractivity contribution in [3.05, 3.63) is 0 Å². The van der Waals surface area contributed by atoms with Gasteiger partial charge in [0, 0.05) is 12.3 Å². The summed E-state index contributed by atoms with van der Waals surface area (Å²) >= 11 is 0. The zero-order chi connectivity index (χ0) is 7.94. The van der Waals surface area contributed by atoms with Gasteiger partial charge in [0.25, 0.3) is 0 Å². The molecule has 64 valence electrons. The molecule has 1 aliphatic rings. The van der Waals surface area contributed by atoms with Crippen LogP contribution in [0.4, 0.5) is 0 Å². The Bertz CT molecular complexity index is 117. The maximum atomic E-state index is 4.58. The maximum absolute atomic E-state index is 4.58. The Hall–Kier alpha value is -0.330. The smallest absolute Gasteiger partial charge is 0.0386 e. The fraction of sp³-hybridized carbons (Fsp3) is 0.900. The summed E-state index contributed by atoms with van der Waals surface area (Å²) < 4.78 is 0. The highest BCUT2D eigenvalue weighted by Crippen LogP contribution is 2.14. The molecule has 0 atom stereocenters. The van der Waals surface area contributed by atoms with Crippen molar-refractivity contribution in [2.75, 3.05) is 6.54 Å². The molecule has 0 saturated heterocycles. The molecular formula is C10H19N. The van der Waals surface area contributed by atoms with Crippen molar-refractivity contribution in [1.29, 1.82) is 0 Å². The van der Waals surface area contributed by atoms with Gasteiger partial charge in [0.05, 0.1) is 0 Å². The third-order valence-corrected chi connectivity index (χ3v) is 2.24. The molecule has 0 unspecified atom stereocenters. The lowest BCUT2D eigenvalue weighted by atomic mass is 10.2. The summed E-state index contributed by atoms with van der Waals surface area (Å²) in [7, 11) is 0. The van der Waals surface area contributed by atoms with Crippen molar-refractivity contribution in [3.63, 3.8) is 0 Å². The van der Waals surface area contributed by atoms with Gasteiger partial charge >= 0.3 is 0 Å². The molecule has 1 fully saturated rings. The van der Waals surface area contributed by atoms with E-state index in [1.165, 1.54) is 50.7 Å². The highest BCUT2D eigenvalue weighted by molar-refractivity contribution is 5.84. The molecule has 1 aliphatic carbocycles. The van der Waals surface area contributed by atoms with E-state index in [-0.39, 0.29) is 0 Å². The fourth-order valence-corrected chi connectivity index (χ4v) is 1.56. The van der Waals surface area contributed by atoms with Crippen molar-refractivity contribution >= 4 is 5.71 Å². The van der Waals surface area contributed by atoms with Gasteiger partial charge in [-0.3, -0.25) is 4.99 Å². The van der Waals surface area contributed by atoms with E-state index in [0.29, 0.717) is 0 Å². The Labute approximate surface area is 69.9 Å². The first-order valence-corrected chi connectivity index (χ1v) is 4.95. The van der Waals surface area contributed by atoms with E-state index in [0.717, 1.165) is 6.54 Å². The molecule has 1 heteroatoms. The molecule has 0 bridgehead atoms. The van der Waals surface area contributed by atoms with E-state index in [2.05, 4.69) is 11.9 Å². The van der Waals surface area contributed by atoms with E-state index in [4.69, 9.17) is 0 Å². The van der Waals surface area contributed by atoms with E-state index < -0.39 is 0 Å². The molecular weight excluding hydrogens is 134 g/mol. The van der Waals surface area contributed by atoms with Gasteiger partial charge in [-0.2, -0.15) is 0 Å². The summed E-state index contributed by atoms with van der Waals surface area (Å²) in [4.78, 5) is 4.58. The van der Waals surface area contributed by atoms with Crippen molar-refractivity contribution < 1.29 is 0 Å². The van der Waals surface area contributed by atoms with Gasteiger partial charge in [0.15, 0.2) is 0 Å². The van der Waals surface area contributed by atoms with Crippen molar-refractivity contribution in [2.45, 2.75) is 51.9 Å². The molecule has 11 heavy (non-hydrogen) atoms. The van der Waals surface area contributed by atoms with E-state index in [9.17, 15) is 0 Å². The molecule has 0 spiro atoms. The van der Waals surface area contributed by atoms with Crippen LogP contribution in [-0.2, 0) is 0 Å². The molecule has 1 saturated carbocycles. The summed E-state index contributed by atoms with van der Waals surface area (Å²) in [6, 6.07) is 0. The average molecular weight is 153 g/mol. The largest absolute Gasteiger partial charge is 0.294 e. The Kier molecular flexibility index (Phi) is 4.25. The van der Waals surface area contributed by atoms with Gasteiger partial charge < -0.3 is 0 Å². The summed E-state index contributed by atoms with van der Waals surface area (Å²) in [5.74, 6) is 0. The molecule has 1 rings (SSSR count). The molecule has 0 aliphatic heterocycles. The van der Waals surface area contributed by atoms with E-state index >= 15 is 0 Å². The predicted molar refractivity (Wildman–Crippen MR) is 50.3 cm³/mol. The molecule has 0 radical (unpaired) electrons. The zero-order valence-electron chi connectivity index (χ0n) is 7.60. The van der Waals surface area contributed by atoms with Gasteiger partial charge in [0.1, 0.15) is 0 Å². The quantitative estimate of drug-likeness (QED) is 0.540. The number of nitrogens with zero attached hydrogens (tertiary/aromatic N) is 1.